The van der Waals surface area contributed by atoms with Gasteiger partial charge in [-0.3, -0.25) is 4.31 Å². The van der Waals surface area contributed by atoms with Crippen LogP contribution in [0, 0.1) is 6.92 Å². The first kappa shape index (κ1) is 19.1. The highest BCUT2D eigenvalue weighted by Gasteiger charge is 2.28. The Morgan fingerprint density at radius 1 is 0.812 bits per heavy atom. The van der Waals surface area contributed by atoms with E-state index in [1.807, 2.05) is 44.2 Å². The molecule has 1 aliphatic rings. The minimum absolute atomic E-state index is 0.283. The summed E-state index contributed by atoms with van der Waals surface area (Å²) in [6.07, 6.45) is 1.79. The third-order valence-corrected chi connectivity index (χ3v) is 8.09. The average Bonchev–Trinajstić information content (AvgIpc) is 3.07. The average molecular weight is 439 g/mol. The van der Waals surface area contributed by atoms with Gasteiger partial charge in [-0.2, -0.15) is 0 Å². The van der Waals surface area contributed by atoms with Crippen molar-refractivity contribution in [1.82, 2.24) is 8.71 Å². The number of aryl methyl sites for hydroxylation is 1. The molecule has 3 heterocycles. The Morgan fingerprint density at radius 2 is 1.50 bits per heavy atom. The molecule has 0 spiro atoms. The lowest BCUT2D eigenvalue weighted by molar-refractivity contribution is 0.497. The summed E-state index contributed by atoms with van der Waals surface area (Å²) >= 11 is 0. The van der Waals surface area contributed by atoms with E-state index >= 15 is 0 Å². The molecular formula is C27H22N2O2S. The molecule has 4 nitrogen and oxygen atoms in total. The molecule has 0 fully saturated rings. The van der Waals surface area contributed by atoms with Crippen molar-refractivity contribution in [2.45, 2.75) is 25.3 Å². The predicted molar refractivity (Wildman–Crippen MR) is 130 cm³/mol. The fraction of sp³-hybridized carbons (Fsp3) is 0.111. The van der Waals surface area contributed by atoms with Gasteiger partial charge in [-0.25, -0.2) is 8.42 Å². The van der Waals surface area contributed by atoms with Gasteiger partial charge in [0.1, 0.15) is 0 Å². The topological polar surface area (TPSA) is 41.8 Å². The highest BCUT2D eigenvalue weighted by molar-refractivity contribution is 7.89. The molecule has 0 bridgehead atoms. The van der Waals surface area contributed by atoms with Crippen LogP contribution in [-0.2, 0) is 16.6 Å². The van der Waals surface area contributed by atoms with E-state index in [1.54, 1.807) is 18.3 Å². The SMILES string of the molecule is CC1=CN(S(=O)(=O)c2ccc(C)cc2)Cc2cc3ccccc3n3c2c1c1ccccc13. The second kappa shape index (κ2) is 6.71. The van der Waals surface area contributed by atoms with Crippen LogP contribution in [-0.4, -0.2) is 17.1 Å². The van der Waals surface area contributed by atoms with Crippen molar-refractivity contribution in [3.05, 3.63) is 102 Å². The Kier molecular flexibility index (Phi) is 4.01. The van der Waals surface area contributed by atoms with E-state index in [4.69, 9.17) is 0 Å². The number of rotatable bonds is 2. The second-order valence-corrected chi connectivity index (χ2v) is 10.4. The van der Waals surface area contributed by atoms with Crippen LogP contribution >= 0.6 is 0 Å². The molecular weight excluding hydrogens is 416 g/mol. The highest BCUT2D eigenvalue weighted by Crippen LogP contribution is 2.40. The standard InChI is InChI=1S/C27H22N2O2S/c1-18-11-13-22(14-12-18)32(30,31)28-16-19(2)26-23-8-4-6-10-25(23)29-24-9-5-3-7-20(24)15-21(17-28)27(26)29/h3-16H,17H2,1-2H3. The van der Waals surface area contributed by atoms with Gasteiger partial charge in [0.2, 0.25) is 0 Å². The normalized spacial score (nSPS) is 14.2. The van der Waals surface area contributed by atoms with Gasteiger partial charge >= 0.3 is 0 Å². The third kappa shape index (κ3) is 2.64. The Hall–Kier alpha value is -3.57. The van der Waals surface area contributed by atoms with E-state index in [0.717, 1.165) is 49.6 Å². The Morgan fingerprint density at radius 3 is 2.28 bits per heavy atom. The van der Waals surface area contributed by atoms with Crippen LogP contribution in [0.1, 0.15) is 23.6 Å². The van der Waals surface area contributed by atoms with Gasteiger partial charge in [-0.1, -0.05) is 54.1 Å². The number of pyridine rings is 1. The zero-order chi connectivity index (χ0) is 22.0. The van der Waals surface area contributed by atoms with Gasteiger partial charge in [0.15, 0.2) is 0 Å². The van der Waals surface area contributed by atoms with Crippen molar-refractivity contribution >= 4 is 42.9 Å². The lowest BCUT2D eigenvalue weighted by atomic mass is 10.0. The summed E-state index contributed by atoms with van der Waals surface area (Å²) in [6, 6.07) is 25.8. The van der Waals surface area contributed by atoms with Gasteiger partial charge < -0.3 is 4.40 Å². The summed E-state index contributed by atoms with van der Waals surface area (Å²) in [7, 11) is -3.69. The van der Waals surface area contributed by atoms with Gasteiger partial charge in [-0.15, -0.1) is 0 Å². The Bertz CT molecular complexity index is 1680. The molecule has 0 unspecified atom stereocenters. The van der Waals surface area contributed by atoms with Crippen LogP contribution in [0.15, 0.2) is 90.0 Å². The van der Waals surface area contributed by atoms with Gasteiger partial charge in [0.25, 0.3) is 10.0 Å². The molecule has 3 aromatic carbocycles. The summed E-state index contributed by atoms with van der Waals surface area (Å²) in [5.74, 6) is 0. The van der Waals surface area contributed by atoms with Crippen LogP contribution in [0.4, 0.5) is 0 Å². The van der Waals surface area contributed by atoms with Crippen molar-refractivity contribution < 1.29 is 8.42 Å². The van der Waals surface area contributed by atoms with Gasteiger partial charge in [0.05, 0.1) is 28.0 Å². The van der Waals surface area contributed by atoms with Crippen molar-refractivity contribution in [2.24, 2.45) is 0 Å². The summed E-state index contributed by atoms with van der Waals surface area (Å²) in [5.41, 5.74) is 7.41. The number of fused-ring (bicyclic) bond motifs is 5. The van der Waals surface area contributed by atoms with E-state index in [1.165, 1.54) is 4.31 Å². The van der Waals surface area contributed by atoms with Crippen molar-refractivity contribution in [2.75, 3.05) is 0 Å². The van der Waals surface area contributed by atoms with E-state index in [0.29, 0.717) is 4.90 Å². The number of aromatic nitrogens is 1. The maximum atomic E-state index is 13.6. The molecule has 0 atom stereocenters. The van der Waals surface area contributed by atoms with Crippen LogP contribution in [0.2, 0.25) is 0 Å². The number of nitrogens with zero attached hydrogens (tertiary/aromatic N) is 2. The fourth-order valence-corrected chi connectivity index (χ4v) is 6.23. The van der Waals surface area contributed by atoms with Crippen LogP contribution in [0.5, 0.6) is 0 Å². The zero-order valence-corrected chi connectivity index (χ0v) is 18.7. The molecule has 0 saturated heterocycles. The molecule has 5 aromatic rings. The van der Waals surface area contributed by atoms with Crippen molar-refractivity contribution in [1.29, 1.82) is 0 Å². The molecule has 2 aromatic heterocycles. The molecule has 0 aliphatic carbocycles. The number of benzene rings is 3. The lowest BCUT2D eigenvalue weighted by Gasteiger charge is -2.21. The first-order chi connectivity index (χ1) is 15.4. The highest BCUT2D eigenvalue weighted by atomic mass is 32.2. The van der Waals surface area contributed by atoms with E-state index in [2.05, 4.69) is 40.8 Å². The number of sulfonamides is 1. The fourth-order valence-electron chi connectivity index (χ4n) is 4.88. The summed E-state index contributed by atoms with van der Waals surface area (Å²) in [5, 5.41) is 2.22. The van der Waals surface area contributed by atoms with Gasteiger partial charge in [0, 0.05) is 17.1 Å². The van der Waals surface area contributed by atoms with Crippen molar-refractivity contribution in [3.63, 3.8) is 0 Å². The number of hydrogen-bond donors (Lipinski definition) is 0. The maximum absolute atomic E-state index is 13.6. The molecule has 6 rings (SSSR count). The van der Waals surface area contributed by atoms with Crippen LogP contribution < -0.4 is 0 Å². The quantitative estimate of drug-likeness (QED) is 0.333. The molecule has 158 valence electrons. The Balaban J connectivity index is 1.68. The second-order valence-electron chi connectivity index (χ2n) is 8.48. The van der Waals surface area contributed by atoms with Crippen LogP contribution in [0.3, 0.4) is 0 Å². The van der Waals surface area contributed by atoms with Gasteiger partial charge in [-0.05, 0) is 60.7 Å². The Labute approximate surface area is 187 Å². The molecule has 0 amide bonds. The summed E-state index contributed by atoms with van der Waals surface area (Å²) in [6.45, 7) is 4.24. The molecule has 5 heteroatoms. The molecule has 0 radical (unpaired) electrons. The lowest BCUT2D eigenvalue weighted by Crippen LogP contribution is -2.25. The van der Waals surface area contributed by atoms with E-state index < -0.39 is 10.0 Å². The number of para-hydroxylation sites is 2. The first-order valence-corrected chi connectivity index (χ1v) is 12.1. The first-order valence-electron chi connectivity index (χ1n) is 10.7. The summed E-state index contributed by atoms with van der Waals surface area (Å²) in [4.78, 5) is 0.309. The largest absolute Gasteiger partial charge is 0.308 e. The molecule has 1 aliphatic heterocycles. The van der Waals surface area contributed by atoms with Crippen molar-refractivity contribution in [3.8, 4) is 0 Å². The number of hydrogen-bond acceptors (Lipinski definition) is 2. The molecule has 32 heavy (non-hydrogen) atoms. The smallest absolute Gasteiger partial charge is 0.264 e. The summed E-state index contributed by atoms with van der Waals surface area (Å²) < 4.78 is 31.0. The monoisotopic (exact) mass is 438 g/mol. The zero-order valence-electron chi connectivity index (χ0n) is 17.9. The molecule has 0 N–H and O–H groups in total. The maximum Gasteiger partial charge on any atom is 0.264 e. The van der Waals surface area contributed by atoms with E-state index in [9.17, 15) is 8.42 Å². The van der Waals surface area contributed by atoms with Crippen LogP contribution in [0.25, 0.3) is 32.9 Å². The minimum atomic E-state index is -3.69. The third-order valence-electron chi connectivity index (χ3n) is 6.37. The minimum Gasteiger partial charge on any atom is -0.308 e. The number of allylic oxidation sites excluding steroid dienone is 1. The molecule has 0 saturated carbocycles. The predicted octanol–water partition coefficient (Wildman–Crippen LogP) is 6.12. The van der Waals surface area contributed by atoms with E-state index in [-0.39, 0.29) is 6.54 Å².